The Bertz CT molecular complexity index is 1930. The Kier molecular flexibility index (Phi) is 6.04. The summed E-state index contributed by atoms with van der Waals surface area (Å²) in [6, 6.07) is 30.3. The van der Waals surface area contributed by atoms with E-state index < -0.39 is 17.9 Å². The van der Waals surface area contributed by atoms with Gasteiger partial charge in [-0.3, -0.25) is 14.6 Å². The number of allylic oxidation sites excluding steroid dienone is 1. The molecule has 1 amide bonds. The maximum absolute atomic E-state index is 13.8. The number of ether oxygens (including phenoxy) is 1. The molecular weight excluding hydrogens is 568 g/mol. The summed E-state index contributed by atoms with van der Waals surface area (Å²) in [4.78, 5) is 49.7. The number of fused-ring (bicyclic) bond motifs is 5. The quantitative estimate of drug-likeness (QED) is 0.232. The minimum atomic E-state index is -0.513. The van der Waals surface area contributed by atoms with E-state index in [0.717, 1.165) is 38.0 Å². The minimum absolute atomic E-state index is 0.0724. The first-order chi connectivity index (χ1) is 21.3. The van der Waals surface area contributed by atoms with Crippen molar-refractivity contribution in [3.8, 4) is 5.75 Å². The molecule has 0 radical (unpaired) electrons. The molecule has 4 aromatic carbocycles. The smallest absolute Gasteiger partial charge is 0.410 e. The number of anilines is 2. The van der Waals surface area contributed by atoms with Crippen molar-refractivity contribution in [2.45, 2.75) is 42.4 Å². The molecule has 1 fully saturated rings. The Hall–Kier alpha value is -4.75. The second-order valence-corrected chi connectivity index (χ2v) is 13.6. The van der Waals surface area contributed by atoms with E-state index in [4.69, 9.17) is 9.73 Å². The van der Waals surface area contributed by atoms with Crippen LogP contribution in [0, 0.1) is 11.3 Å². The number of para-hydroxylation sites is 2. The van der Waals surface area contributed by atoms with Gasteiger partial charge in [-0.05, 0) is 53.8 Å². The molecule has 2 atom stereocenters. The number of hydrogen-bond donors (Lipinski definition) is 0. The summed E-state index contributed by atoms with van der Waals surface area (Å²) in [5.74, 6) is -0.535. The maximum Gasteiger partial charge on any atom is 0.424 e. The summed E-state index contributed by atoms with van der Waals surface area (Å²) in [5.41, 5.74) is 5.73. The van der Waals surface area contributed by atoms with Gasteiger partial charge in [0.1, 0.15) is 11.5 Å². The van der Waals surface area contributed by atoms with Gasteiger partial charge in [-0.15, -0.1) is 0 Å². The summed E-state index contributed by atoms with van der Waals surface area (Å²) < 4.78 is 5.93. The molecule has 2 heterocycles. The first-order valence-electron chi connectivity index (χ1n) is 14.8. The van der Waals surface area contributed by atoms with Crippen LogP contribution >= 0.6 is 11.8 Å². The Labute approximate surface area is 259 Å². The molecule has 0 saturated heterocycles. The monoisotopic (exact) mass is 596 g/mol. The number of hydrogen-bond acceptors (Lipinski definition) is 6. The number of benzene rings is 4. The average molecular weight is 597 g/mol. The molecule has 6 nitrogen and oxygen atoms in total. The van der Waals surface area contributed by atoms with Gasteiger partial charge >= 0.3 is 6.09 Å². The van der Waals surface area contributed by atoms with Crippen LogP contribution in [0.5, 0.6) is 5.75 Å². The predicted octanol–water partition coefficient (Wildman–Crippen LogP) is 8.64. The van der Waals surface area contributed by atoms with E-state index in [2.05, 4.69) is 13.8 Å². The fraction of sp³-hybridized carbons (Fsp3) is 0.189. The van der Waals surface area contributed by atoms with E-state index in [1.165, 1.54) is 0 Å². The van der Waals surface area contributed by atoms with Crippen molar-refractivity contribution in [2.24, 2.45) is 16.3 Å². The Morgan fingerprint density at radius 3 is 2.09 bits per heavy atom. The van der Waals surface area contributed by atoms with Gasteiger partial charge in [-0.1, -0.05) is 86.3 Å². The van der Waals surface area contributed by atoms with Crippen LogP contribution in [0.4, 0.5) is 16.2 Å². The third kappa shape index (κ3) is 4.18. The molecule has 44 heavy (non-hydrogen) atoms. The van der Waals surface area contributed by atoms with Crippen molar-refractivity contribution >= 4 is 52.2 Å². The van der Waals surface area contributed by atoms with Crippen LogP contribution in [0.1, 0.15) is 54.1 Å². The average Bonchev–Trinajstić information content (AvgIpc) is 3.29. The Morgan fingerprint density at radius 2 is 1.41 bits per heavy atom. The van der Waals surface area contributed by atoms with Crippen LogP contribution in [0.2, 0.25) is 0 Å². The lowest BCUT2D eigenvalue weighted by atomic mass is 9.63. The molecule has 4 aromatic rings. The second kappa shape index (κ2) is 9.89. The molecule has 0 bridgehead atoms. The highest BCUT2D eigenvalue weighted by Gasteiger charge is 2.50. The first-order valence-corrected chi connectivity index (χ1v) is 15.6. The minimum Gasteiger partial charge on any atom is -0.410 e. The van der Waals surface area contributed by atoms with Crippen molar-refractivity contribution in [3.05, 3.63) is 119 Å². The van der Waals surface area contributed by atoms with E-state index in [9.17, 15) is 14.4 Å². The standard InChI is InChI=1S/C37H28N2O4S/c1-37(2)19-25-32(28(40)20-37)31(33-34(38-25)23-9-3-4-10-24(23)35(33)41)21-15-17-22(18-16-21)43-36(42)39-26-11-5-7-13-29(26)44-30-14-8-6-12-27(30)39/h3-18,31-32H,19-20H2,1-2H3. The predicted molar refractivity (Wildman–Crippen MR) is 171 cm³/mol. The molecule has 2 aliphatic carbocycles. The van der Waals surface area contributed by atoms with Crippen molar-refractivity contribution in [2.75, 3.05) is 4.90 Å². The largest absolute Gasteiger partial charge is 0.424 e. The molecule has 0 N–H and O–H groups in total. The number of nitrogens with zero attached hydrogens (tertiary/aromatic N) is 2. The third-order valence-electron chi connectivity index (χ3n) is 8.90. The number of aliphatic imine (C=N–C) groups is 1. The number of ketones is 2. The summed E-state index contributed by atoms with van der Waals surface area (Å²) in [5, 5.41) is 0. The lowest BCUT2D eigenvalue weighted by Gasteiger charge is -2.40. The third-order valence-corrected chi connectivity index (χ3v) is 10.0. The van der Waals surface area contributed by atoms with Gasteiger partial charge in [0.05, 0.1) is 23.0 Å². The first kappa shape index (κ1) is 26.8. The molecule has 0 aromatic heterocycles. The fourth-order valence-corrected chi connectivity index (χ4v) is 8.13. The van der Waals surface area contributed by atoms with Crippen LogP contribution in [0.25, 0.3) is 5.70 Å². The molecule has 1 saturated carbocycles. The van der Waals surface area contributed by atoms with Crippen LogP contribution in [-0.4, -0.2) is 23.4 Å². The fourth-order valence-electron chi connectivity index (χ4n) is 7.07. The zero-order valence-corrected chi connectivity index (χ0v) is 25.1. The zero-order chi connectivity index (χ0) is 30.2. The summed E-state index contributed by atoms with van der Waals surface area (Å²) >= 11 is 1.62. The van der Waals surface area contributed by atoms with Crippen molar-refractivity contribution in [1.29, 1.82) is 0 Å². The summed E-state index contributed by atoms with van der Waals surface area (Å²) in [6.45, 7) is 4.19. The van der Waals surface area contributed by atoms with Gasteiger partial charge in [0.25, 0.3) is 0 Å². The highest BCUT2D eigenvalue weighted by Crippen LogP contribution is 2.52. The number of amides is 1. The van der Waals surface area contributed by atoms with E-state index in [1.807, 2.05) is 84.9 Å². The maximum atomic E-state index is 13.8. The highest BCUT2D eigenvalue weighted by molar-refractivity contribution is 7.99. The lowest BCUT2D eigenvalue weighted by molar-refractivity contribution is -0.124. The second-order valence-electron chi connectivity index (χ2n) is 12.5. The molecule has 216 valence electrons. The summed E-state index contributed by atoms with van der Waals surface area (Å²) in [7, 11) is 0. The molecule has 7 heteroatoms. The lowest BCUT2D eigenvalue weighted by Crippen LogP contribution is -2.43. The number of Topliss-reactive ketones (excluding diaryl/α,β-unsaturated/α-hetero) is 2. The number of carbonyl (C=O) groups is 3. The van der Waals surface area contributed by atoms with Crippen molar-refractivity contribution in [1.82, 2.24) is 0 Å². The molecule has 4 aliphatic rings. The molecule has 2 unspecified atom stereocenters. The van der Waals surface area contributed by atoms with Crippen LogP contribution in [0.3, 0.4) is 0 Å². The zero-order valence-electron chi connectivity index (χ0n) is 24.2. The van der Waals surface area contributed by atoms with E-state index in [1.54, 1.807) is 28.8 Å². The highest BCUT2D eigenvalue weighted by atomic mass is 32.2. The van der Waals surface area contributed by atoms with E-state index in [0.29, 0.717) is 35.4 Å². The molecule has 2 aliphatic heterocycles. The van der Waals surface area contributed by atoms with Crippen molar-refractivity contribution < 1.29 is 19.1 Å². The van der Waals surface area contributed by atoms with E-state index in [-0.39, 0.29) is 17.0 Å². The van der Waals surface area contributed by atoms with Crippen LogP contribution < -0.4 is 9.64 Å². The Morgan fingerprint density at radius 1 is 0.795 bits per heavy atom. The van der Waals surface area contributed by atoms with Crippen molar-refractivity contribution in [3.63, 3.8) is 0 Å². The van der Waals surface area contributed by atoms with Gasteiger partial charge in [-0.25, -0.2) is 9.69 Å². The van der Waals surface area contributed by atoms with Gasteiger partial charge in [0.15, 0.2) is 5.78 Å². The van der Waals surface area contributed by atoms with Gasteiger partial charge in [0.2, 0.25) is 0 Å². The molecule has 8 rings (SSSR count). The molecule has 0 spiro atoms. The topological polar surface area (TPSA) is 76.0 Å². The molecular formula is C37H28N2O4S. The SMILES string of the molecule is CC1(C)CC(=O)C2C(=NC3=C(C(=O)c4ccccc43)C2c2ccc(OC(=O)N3c4ccccc4Sc4ccccc43)cc2)C1. The normalized spacial score (nSPS) is 21.0. The summed E-state index contributed by atoms with van der Waals surface area (Å²) in [6.07, 6.45) is 0.616. The van der Waals surface area contributed by atoms with Crippen LogP contribution in [0.15, 0.2) is 117 Å². The van der Waals surface area contributed by atoms with E-state index >= 15 is 0 Å². The number of rotatable bonds is 2. The van der Waals surface area contributed by atoms with Gasteiger partial charge < -0.3 is 4.74 Å². The number of carbonyl (C=O) groups excluding carboxylic acids is 3. The van der Waals surface area contributed by atoms with Gasteiger partial charge in [0, 0.05) is 44.5 Å². The Balaban J connectivity index is 1.14. The van der Waals surface area contributed by atoms with Crippen LogP contribution in [-0.2, 0) is 4.79 Å². The van der Waals surface area contributed by atoms with Gasteiger partial charge in [-0.2, -0.15) is 0 Å².